The molecule has 0 heterocycles. The van der Waals surface area contributed by atoms with Gasteiger partial charge >= 0.3 is 5.97 Å². The van der Waals surface area contributed by atoms with Crippen molar-refractivity contribution in [1.82, 2.24) is 5.32 Å². The van der Waals surface area contributed by atoms with E-state index in [0.29, 0.717) is 28.5 Å². The normalized spacial score (nSPS) is 16.7. The molecule has 1 aromatic carbocycles. The van der Waals surface area contributed by atoms with Crippen molar-refractivity contribution in [3.63, 3.8) is 0 Å². The zero-order valence-corrected chi connectivity index (χ0v) is 12.0. The number of rotatable bonds is 4. The average Bonchev–Trinajstić information content (AvgIpc) is 2.34. The Bertz CT molecular complexity index is 580. The number of carbonyl (C=O) groups excluding carboxylic acids is 1. The summed E-state index contributed by atoms with van der Waals surface area (Å²) in [5.74, 6) is -1.45. The molecule has 0 saturated heterocycles. The number of carbonyl (C=O) groups is 2. The minimum atomic E-state index is -1.11. The molecule has 20 heavy (non-hydrogen) atoms. The van der Waals surface area contributed by atoms with Gasteiger partial charge in [-0.25, -0.2) is 4.79 Å². The predicted molar refractivity (Wildman–Crippen MR) is 77.9 cm³/mol. The second kappa shape index (κ2) is 5.85. The van der Waals surface area contributed by atoms with Crippen LogP contribution in [0.25, 0.3) is 6.08 Å². The van der Waals surface area contributed by atoms with E-state index in [1.54, 1.807) is 18.2 Å². The van der Waals surface area contributed by atoms with Gasteiger partial charge in [-0.3, -0.25) is 4.79 Å². The first-order chi connectivity index (χ1) is 9.43. The molecule has 1 aromatic rings. The molecule has 106 valence electrons. The van der Waals surface area contributed by atoms with Gasteiger partial charge in [0.25, 0.3) is 0 Å². The Morgan fingerprint density at radius 1 is 1.30 bits per heavy atom. The molecular weight excluding hydrogens is 301 g/mol. The number of carboxylic acid groups (broad SMARTS) is 1. The molecule has 1 amide bonds. The largest absolute Gasteiger partial charge is 0.480 e. The highest BCUT2D eigenvalue weighted by Gasteiger charge is 2.45. The Morgan fingerprint density at radius 3 is 2.55 bits per heavy atom. The van der Waals surface area contributed by atoms with Crippen molar-refractivity contribution in [2.24, 2.45) is 0 Å². The molecule has 0 aromatic heterocycles. The highest BCUT2D eigenvalue weighted by Crippen LogP contribution is 2.32. The van der Waals surface area contributed by atoms with E-state index in [4.69, 9.17) is 28.3 Å². The maximum Gasteiger partial charge on any atom is 0.329 e. The van der Waals surface area contributed by atoms with Crippen LogP contribution in [0.15, 0.2) is 24.3 Å². The predicted octanol–water partition coefficient (Wildman–Crippen LogP) is 3.13. The lowest BCUT2D eigenvalue weighted by atomic mass is 9.77. The van der Waals surface area contributed by atoms with Gasteiger partial charge in [0.2, 0.25) is 5.91 Å². The van der Waals surface area contributed by atoms with Gasteiger partial charge in [-0.1, -0.05) is 23.2 Å². The highest BCUT2D eigenvalue weighted by molar-refractivity contribution is 6.34. The molecule has 2 N–H and O–H groups in total. The van der Waals surface area contributed by atoms with Gasteiger partial charge in [0.1, 0.15) is 5.54 Å². The summed E-state index contributed by atoms with van der Waals surface area (Å²) < 4.78 is 0. The fraction of sp³-hybridized carbons (Fsp3) is 0.286. The molecule has 1 fully saturated rings. The van der Waals surface area contributed by atoms with Crippen LogP contribution in [-0.2, 0) is 9.59 Å². The standard InChI is InChI=1S/C14H13Cl2NO3/c15-10-3-4-11(16)9(8-10)2-5-12(18)17-14(13(19)20)6-1-7-14/h2-5,8H,1,6-7H2,(H,17,18)(H,19,20)/b5-2+. The number of amides is 1. The lowest BCUT2D eigenvalue weighted by Crippen LogP contribution is -2.58. The van der Waals surface area contributed by atoms with Crippen molar-refractivity contribution in [2.75, 3.05) is 0 Å². The molecule has 0 atom stereocenters. The van der Waals surface area contributed by atoms with E-state index in [9.17, 15) is 9.59 Å². The fourth-order valence-corrected chi connectivity index (χ4v) is 2.37. The number of benzene rings is 1. The van der Waals surface area contributed by atoms with Crippen LogP contribution < -0.4 is 5.32 Å². The first-order valence-electron chi connectivity index (χ1n) is 6.12. The number of halogens is 2. The number of nitrogens with one attached hydrogen (secondary N) is 1. The first kappa shape index (κ1) is 14.9. The SMILES string of the molecule is O=C(/C=C/c1cc(Cl)ccc1Cl)NC1(C(=O)O)CCC1. The molecule has 0 bridgehead atoms. The second-order valence-electron chi connectivity index (χ2n) is 4.73. The number of hydrogen-bond donors (Lipinski definition) is 2. The van der Waals surface area contributed by atoms with E-state index in [1.807, 2.05) is 0 Å². The van der Waals surface area contributed by atoms with Crippen molar-refractivity contribution in [2.45, 2.75) is 24.8 Å². The van der Waals surface area contributed by atoms with Crippen molar-refractivity contribution in [3.8, 4) is 0 Å². The van der Waals surface area contributed by atoms with Gasteiger partial charge in [0.15, 0.2) is 0 Å². The molecule has 0 radical (unpaired) electrons. The summed E-state index contributed by atoms with van der Waals surface area (Å²) in [5.41, 5.74) is -0.508. The summed E-state index contributed by atoms with van der Waals surface area (Å²) >= 11 is 11.8. The number of aliphatic carboxylic acids is 1. The van der Waals surface area contributed by atoms with Crippen LogP contribution in [0, 0.1) is 0 Å². The number of hydrogen-bond acceptors (Lipinski definition) is 2. The summed E-state index contributed by atoms with van der Waals surface area (Å²) in [6, 6.07) is 4.91. The monoisotopic (exact) mass is 313 g/mol. The Balaban J connectivity index is 2.06. The molecule has 0 unspecified atom stereocenters. The van der Waals surface area contributed by atoms with E-state index in [2.05, 4.69) is 5.32 Å². The summed E-state index contributed by atoms with van der Waals surface area (Å²) in [7, 11) is 0. The molecule has 1 aliphatic rings. The second-order valence-corrected chi connectivity index (χ2v) is 5.57. The summed E-state index contributed by atoms with van der Waals surface area (Å²) in [6.45, 7) is 0. The zero-order valence-electron chi connectivity index (χ0n) is 10.5. The molecule has 0 aliphatic heterocycles. The Hall–Kier alpha value is -1.52. The van der Waals surface area contributed by atoms with Gasteiger partial charge in [-0.05, 0) is 49.1 Å². The molecule has 1 aliphatic carbocycles. The van der Waals surface area contributed by atoms with Crippen LogP contribution in [0.4, 0.5) is 0 Å². The van der Waals surface area contributed by atoms with Crippen LogP contribution in [0.2, 0.25) is 10.0 Å². The average molecular weight is 314 g/mol. The molecule has 6 heteroatoms. The van der Waals surface area contributed by atoms with Crippen molar-refractivity contribution < 1.29 is 14.7 Å². The highest BCUT2D eigenvalue weighted by atomic mass is 35.5. The van der Waals surface area contributed by atoms with Crippen LogP contribution in [0.3, 0.4) is 0 Å². The topological polar surface area (TPSA) is 66.4 Å². The van der Waals surface area contributed by atoms with E-state index in [0.717, 1.165) is 6.42 Å². The smallest absolute Gasteiger partial charge is 0.329 e. The third-order valence-electron chi connectivity index (χ3n) is 3.35. The van der Waals surface area contributed by atoms with Crippen molar-refractivity contribution in [3.05, 3.63) is 39.9 Å². The quantitative estimate of drug-likeness (QED) is 0.839. The third kappa shape index (κ3) is 3.14. The maximum atomic E-state index is 11.8. The third-order valence-corrected chi connectivity index (χ3v) is 3.93. The molecule has 1 saturated carbocycles. The van der Waals surface area contributed by atoms with Crippen LogP contribution in [0.5, 0.6) is 0 Å². The lowest BCUT2D eigenvalue weighted by Gasteiger charge is -2.37. The van der Waals surface area contributed by atoms with Crippen LogP contribution >= 0.6 is 23.2 Å². The minimum absolute atomic E-state index is 0.455. The lowest BCUT2D eigenvalue weighted by molar-refractivity contribution is -0.151. The van der Waals surface area contributed by atoms with Gasteiger partial charge in [-0.15, -0.1) is 0 Å². The van der Waals surface area contributed by atoms with E-state index >= 15 is 0 Å². The summed E-state index contributed by atoms with van der Waals surface area (Å²) in [6.07, 6.45) is 4.49. The van der Waals surface area contributed by atoms with Crippen LogP contribution in [-0.4, -0.2) is 22.5 Å². The molecule has 0 spiro atoms. The van der Waals surface area contributed by atoms with E-state index < -0.39 is 17.4 Å². The maximum absolute atomic E-state index is 11.8. The van der Waals surface area contributed by atoms with Gasteiger partial charge < -0.3 is 10.4 Å². The van der Waals surface area contributed by atoms with Gasteiger partial charge in [0.05, 0.1) is 0 Å². The molecule has 2 rings (SSSR count). The minimum Gasteiger partial charge on any atom is -0.480 e. The van der Waals surface area contributed by atoms with Crippen LogP contribution in [0.1, 0.15) is 24.8 Å². The van der Waals surface area contributed by atoms with E-state index in [-0.39, 0.29) is 0 Å². The number of carboxylic acids is 1. The summed E-state index contributed by atoms with van der Waals surface area (Å²) in [4.78, 5) is 22.9. The molecule has 4 nitrogen and oxygen atoms in total. The fourth-order valence-electron chi connectivity index (χ4n) is 2.01. The van der Waals surface area contributed by atoms with Gasteiger partial charge in [-0.2, -0.15) is 0 Å². The first-order valence-corrected chi connectivity index (χ1v) is 6.87. The van der Waals surface area contributed by atoms with E-state index in [1.165, 1.54) is 12.2 Å². The van der Waals surface area contributed by atoms with Crippen molar-refractivity contribution in [1.29, 1.82) is 0 Å². The zero-order chi connectivity index (χ0) is 14.8. The Labute approximate surface area is 126 Å². The molecular formula is C14H13Cl2NO3. The Morgan fingerprint density at radius 2 is 2.00 bits per heavy atom. The van der Waals surface area contributed by atoms with Crippen molar-refractivity contribution >= 4 is 41.2 Å². The Kier molecular flexibility index (Phi) is 4.35. The van der Waals surface area contributed by atoms with Gasteiger partial charge in [0, 0.05) is 16.1 Å². The summed E-state index contributed by atoms with van der Waals surface area (Å²) in [5, 5.41) is 12.6.